The van der Waals surface area contributed by atoms with E-state index in [1.165, 1.54) is 16.8 Å². The third-order valence-electron chi connectivity index (χ3n) is 6.96. The SMILES string of the molecule is Fc1ccc(-n2nnnc2C(NCC2C(F)(F)C23CCC3)c2cn3ccccc3n2)cc1. The molecule has 2 atom stereocenters. The molecule has 2 aliphatic carbocycles. The van der Waals surface area contributed by atoms with Gasteiger partial charge in [0.25, 0.3) is 5.92 Å². The molecule has 0 aliphatic heterocycles. The smallest absolute Gasteiger partial charge is 0.258 e. The van der Waals surface area contributed by atoms with Gasteiger partial charge in [-0.05, 0) is 59.7 Å². The van der Waals surface area contributed by atoms with Crippen molar-refractivity contribution in [3.63, 3.8) is 0 Å². The minimum absolute atomic E-state index is 0.127. The van der Waals surface area contributed by atoms with Gasteiger partial charge in [0.1, 0.15) is 17.5 Å². The van der Waals surface area contributed by atoms with E-state index in [9.17, 15) is 13.2 Å². The van der Waals surface area contributed by atoms with Crippen molar-refractivity contribution >= 4 is 5.65 Å². The largest absolute Gasteiger partial charge is 0.307 e. The van der Waals surface area contributed by atoms with Crippen LogP contribution in [0.15, 0.2) is 54.9 Å². The highest BCUT2D eigenvalue weighted by molar-refractivity contribution is 5.41. The number of alkyl halides is 2. The second kappa shape index (κ2) is 6.86. The summed E-state index contributed by atoms with van der Waals surface area (Å²) in [4.78, 5) is 4.67. The molecule has 0 radical (unpaired) electrons. The fraction of sp³-hybridized carbons (Fsp3) is 0.364. The summed E-state index contributed by atoms with van der Waals surface area (Å²) >= 11 is 0. The minimum atomic E-state index is -2.65. The summed E-state index contributed by atoms with van der Waals surface area (Å²) in [6.07, 6.45) is 5.69. The van der Waals surface area contributed by atoms with Gasteiger partial charge in [-0.15, -0.1) is 5.10 Å². The second-order valence-electron chi connectivity index (χ2n) is 8.58. The van der Waals surface area contributed by atoms with Crippen LogP contribution >= 0.6 is 0 Å². The van der Waals surface area contributed by atoms with Crippen molar-refractivity contribution in [3.05, 3.63) is 72.2 Å². The Kier molecular flexibility index (Phi) is 4.16. The molecule has 2 unspecified atom stereocenters. The summed E-state index contributed by atoms with van der Waals surface area (Å²) in [5, 5.41) is 15.3. The molecule has 0 bridgehead atoms. The number of nitrogens with one attached hydrogen (secondary N) is 1. The van der Waals surface area contributed by atoms with Crippen LogP contribution in [0.3, 0.4) is 0 Å². The number of nitrogens with zero attached hydrogens (tertiary/aromatic N) is 6. The van der Waals surface area contributed by atoms with Crippen LogP contribution < -0.4 is 5.32 Å². The Morgan fingerprint density at radius 2 is 1.94 bits per heavy atom. The first-order chi connectivity index (χ1) is 15.5. The van der Waals surface area contributed by atoms with E-state index in [0.717, 1.165) is 12.1 Å². The van der Waals surface area contributed by atoms with Gasteiger partial charge in [-0.2, -0.15) is 4.68 Å². The number of benzene rings is 1. The van der Waals surface area contributed by atoms with Gasteiger partial charge in [-0.1, -0.05) is 12.5 Å². The van der Waals surface area contributed by atoms with E-state index >= 15 is 0 Å². The lowest BCUT2D eigenvalue weighted by atomic mass is 9.79. The van der Waals surface area contributed by atoms with Crippen LogP contribution in [0.25, 0.3) is 11.3 Å². The molecule has 3 aromatic heterocycles. The second-order valence-corrected chi connectivity index (χ2v) is 8.58. The van der Waals surface area contributed by atoms with Gasteiger partial charge in [0, 0.05) is 30.3 Å². The highest BCUT2D eigenvalue weighted by atomic mass is 19.3. The Hall–Kier alpha value is -3.27. The fourth-order valence-corrected chi connectivity index (χ4v) is 4.95. The average Bonchev–Trinajstić information content (AvgIpc) is 3.16. The monoisotopic (exact) mass is 439 g/mol. The number of imidazole rings is 1. The van der Waals surface area contributed by atoms with Crippen molar-refractivity contribution in [3.8, 4) is 5.69 Å². The van der Waals surface area contributed by atoms with E-state index in [0.29, 0.717) is 30.0 Å². The lowest BCUT2D eigenvalue weighted by Gasteiger charge is -2.26. The third-order valence-corrected chi connectivity index (χ3v) is 6.96. The maximum atomic E-state index is 14.5. The van der Waals surface area contributed by atoms with Gasteiger partial charge < -0.3 is 9.72 Å². The topological polar surface area (TPSA) is 72.9 Å². The van der Waals surface area contributed by atoms with E-state index in [2.05, 4.69) is 25.8 Å². The molecule has 6 rings (SSSR count). The number of hydrogen-bond acceptors (Lipinski definition) is 5. The summed E-state index contributed by atoms with van der Waals surface area (Å²) in [5.74, 6) is -3.34. The van der Waals surface area contributed by atoms with E-state index in [1.807, 2.05) is 35.0 Å². The predicted molar refractivity (Wildman–Crippen MR) is 109 cm³/mol. The van der Waals surface area contributed by atoms with Crippen molar-refractivity contribution in [2.45, 2.75) is 31.2 Å². The lowest BCUT2D eigenvalue weighted by molar-refractivity contribution is 0.0279. The summed E-state index contributed by atoms with van der Waals surface area (Å²) in [6, 6.07) is 10.8. The maximum absolute atomic E-state index is 14.5. The summed E-state index contributed by atoms with van der Waals surface area (Å²) in [7, 11) is 0. The molecule has 1 aromatic carbocycles. The Bertz CT molecular complexity index is 1240. The van der Waals surface area contributed by atoms with Crippen molar-refractivity contribution in [1.82, 2.24) is 34.9 Å². The van der Waals surface area contributed by atoms with Crippen molar-refractivity contribution in [2.24, 2.45) is 11.3 Å². The van der Waals surface area contributed by atoms with Gasteiger partial charge in [-0.25, -0.2) is 18.2 Å². The molecule has 2 aliphatic rings. The Labute approximate surface area is 181 Å². The number of hydrogen-bond donors (Lipinski definition) is 1. The predicted octanol–water partition coefficient (Wildman–Crippen LogP) is 3.56. The van der Waals surface area contributed by atoms with Crippen molar-refractivity contribution in [1.29, 1.82) is 0 Å². The zero-order valence-electron chi connectivity index (χ0n) is 17.0. The Morgan fingerprint density at radius 3 is 2.62 bits per heavy atom. The van der Waals surface area contributed by atoms with Gasteiger partial charge in [0.05, 0.1) is 11.4 Å². The van der Waals surface area contributed by atoms with E-state index < -0.39 is 23.3 Å². The highest BCUT2D eigenvalue weighted by Gasteiger charge is 2.81. The number of tetrazole rings is 1. The van der Waals surface area contributed by atoms with E-state index in [1.54, 1.807) is 12.1 Å². The number of pyridine rings is 1. The van der Waals surface area contributed by atoms with Gasteiger partial charge in [0.2, 0.25) is 0 Å². The van der Waals surface area contributed by atoms with Crippen LogP contribution in [0.1, 0.15) is 36.8 Å². The van der Waals surface area contributed by atoms with Crippen LogP contribution in [-0.4, -0.2) is 42.1 Å². The molecule has 0 saturated heterocycles. The average molecular weight is 439 g/mol. The molecule has 32 heavy (non-hydrogen) atoms. The maximum Gasteiger partial charge on any atom is 0.258 e. The molecule has 2 saturated carbocycles. The van der Waals surface area contributed by atoms with Gasteiger partial charge in [-0.3, -0.25) is 0 Å². The molecular formula is C22H20F3N7. The van der Waals surface area contributed by atoms with Crippen LogP contribution in [0, 0.1) is 17.2 Å². The molecule has 3 heterocycles. The first kappa shape index (κ1) is 19.4. The van der Waals surface area contributed by atoms with E-state index in [4.69, 9.17) is 0 Å². The Morgan fingerprint density at radius 1 is 1.12 bits per heavy atom. The number of aromatic nitrogens is 6. The molecule has 10 heteroatoms. The van der Waals surface area contributed by atoms with Crippen LogP contribution in [0.2, 0.25) is 0 Å². The zero-order valence-corrected chi connectivity index (χ0v) is 17.0. The zero-order chi connectivity index (χ0) is 21.9. The molecular weight excluding hydrogens is 419 g/mol. The molecule has 164 valence electrons. The van der Waals surface area contributed by atoms with E-state index in [-0.39, 0.29) is 12.4 Å². The normalized spacial score (nSPS) is 21.5. The van der Waals surface area contributed by atoms with Crippen LogP contribution in [0.5, 0.6) is 0 Å². The van der Waals surface area contributed by atoms with Gasteiger partial charge >= 0.3 is 0 Å². The number of halogens is 3. The summed E-state index contributed by atoms with van der Waals surface area (Å²) in [6.45, 7) is 0.127. The van der Waals surface area contributed by atoms with Crippen LogP contribution in [-0.2, 0) is 0 Å². The molecule has 2 fully saturated rings. The number of rotatable bonds is 6. The molecule has 7 nitrogen and oxygen atoms in total. The van der Waals surface area contributed by atoms with Crippen molar-refractivity contribution < 1.29 is 13.2 Å². The van der Waals surface area contributed by atoms with Crippen LogP contribution in [0.4, 0.5) is 13.2 Å². The quantitative estimate of drug-likeness (QED) is 0.497. The molecule has 1 N–H and O–H groups in total. The first-order valence-corrected chi connectivity index (χ1v) is 10.6. The molecule has 0 amide bonds. The Balaban J connectivity index is 1.37. The lowest BCUT2D eigenvalue weighted by Crippen LogP contribution is -2.30. The summed E-state index contributed by atoms with van der Waals surface area (Å²) < 4.78 is 45.7. The first-order valence-electron chi connectivity index (χ1n) is 10.6. The minimum Gasteiger partial charge on any atom is -0.307 e. The highest BCUT2D eigenvalue weighted by Crippen LogP contribution is 2.75. The number of fused-ring (bicyclic) bond motifs is 1. The molecule has 4 aromatic rings. The fourth-order valence-electron chi connectivity index (χ4n) is 4.95. The standard InChI is InChI=1S/C22H20F3N7/c23-14-5-7-15(8-6-14)32-20(28-29-30-32)19(16-13-31-11-2-1-4-18(31)27-16)26-12-17-21(9-3-10-21)22(17,24)25/h1-2,4-8,11,13,17,19,26H,3,9-10,12H2. The third kappa shape index (κ3) is 2.78. The molecule has 1 spiro atoms. The van der Waals surface area contributed by atoms with Gasteiger partial charge in [0.15, 0.2) is 5.82 Å². The summed E-state index contributed by atoms with van der Waals surface area (Å²) in [5.41, 5.74) is 1.05. The van der Waals surface area contributed by atoms with Crippen molar-refractivity contribution in [2.75, 3.05) is 6.54 Å².